The zero-order valence-electron chi connectivity index (χ0n) is 11.8. The lowest BCUT2D eigenvalue weighted by Gasteiger charge is -2.20. The van der Waals surface area contributed by atoms with Crippen LogP contribution in [0.2, 0.25) is 0 Å². The fourth-order valence-corrected chi connectivity index (χ4v) is 3.52. The van der Waals surface area contributed by atoms with Gasteiger partial charge in [0.25, 0.3) is 0 Å². The number of hydrogen-bond acceptors (Lipinski definition) is 1. The van der Waals surface area contributed by atoms with Crippen LogP contribution < -0.4 is 5.73 Å². The summed E-state index contributed by atoms with van der Waals surface area (Å²) in [5.74, 6) is 0.656. The Bertz CT molecular complexity index is 733. The molecule has 1 heterocycles. The molecular weight excluding hydrogens is 244 g/mol. The maximum Gasteiger partial charge on any atom is 0.0494 e. The van der Waals surface area contributed by atoms with Crippen LogP contribution >= 0.6 is 0 Å². The lowest BCUT2D eigenvalue weighted by molar-refractivity contribution is 0.643. The van der Waals surface area contributed by atoms with Gasteiger partial charge in [-0.15, -0.1) is 0 Å². The molecule has 0 spiro atoms. The summed E-state index contributed by atoms with van der Waals surface area (Å²) in [7, 11) is 0. The van der Waals surface area contributed by atoms with Crippen molar-refractivity contribution in [2.75, 3.05) is 0 Å². The van der Waals surface area contributed by atoms with Crippen LogP contribution in [0.5, 0.6) is 0 Å². The van der Waals surface area contributed by atoms with Gasteiger partial charge in [0.05, 0.1) is 0 Å². The predicted octanol–water partition coefficient (Wildman–Crippen LogP) is 4.09. The van der Waals surface area contributed by atoms with Crippen LogP contribution in [-0.2, 0) is 6.42 Å². The number of nitrogens with one attached hydrogen (secondary N) is 1. The number of aromatic nitrogens is 1. The molecule has 0 saturated heterocycles. The van der Waals surface area contributed by atoms with Gasteiger partial charge in [-0.2, -0.15) is 0 Å². The van der Waals surface area contributed by atoms with Crippen molar-refractivity contribution in [2.24, 2.45) is 11.7 Å². The number of H-pyrrole nitrogens is 1. The molecule has 1 aromatic heterocycles. The van der Waals surface area contributed by atoms with Gasteiger partial charge < -0.3 is 10.7 Å². The lowest BCUT2D eigenvalue weighted by Crippen LogP contribution is -2.15. The van der Waals surface area contributed by atoms with Crippen molar-refractivity contribution in [3.63, 3.8) is 0 Å². The van der Waals surface area contributed by atoms with Gasteiger partial charge in [0, 0.05) is 22.6 Å². The van der Waals surface area contributed by atoms with Gasteiger partial charge in [-0.1, -0.05) is 37.3 Å². The summed E-state index contributed by atoms with van der Waals surface area (Å²) in [6.07, 6.45) is 10.2. The molecule has 3 N–H and O–H groups in total. The molecule has 4 rings (SSSR count). The molecule has 0 amide bonds. The normalized spacial score (nSPS) is 25.0. The van der Waals surface area contributed by atoms with Gasteiger partial charge >= 0.3 is 0 Å². The molecule has 1 aromatic carbocycles. The van der Waals surface area contributed by atoms with Crippen LogP contribution in [0.4, 0.5) is 0 Å². The minimum atomic E-state index is 0.186. The first-order valence-corrected chi connectivity index (χ1v) is 7.52. The molecule has 2 nitrogen and oxygen atoms in total. The number of aryl methyl sites for hydroxylation is 1. The van der Waals surface area contributed by atoms with Crippen molar-refractivity contribution >= 4 is 16.5 Å². The average Bonchev–Trinajstić information content (AvgIpc) is 2.84. The second kappa shape index (κ2) is 4.35. The molecule has 102 valence electrons. The van der Waals surface area contributed by atoms with Crippen molar-refractivity contribution in [1.29, 1.82) is 0 Å². The maximum atomic E-state index is 6.27. The third-order valence-corrected chi connectivity index (χ3v) is 4.67. The van der Waals surface area contributed by atoms with E-state index >= 15 is 0 Å². The second-order valence-electron chi connectivity index (χ2n) is 6.13. The molecule has 2 unspecified atom stereocenters. The average molecular weight is 264 g/mol. The van der Waals surface area contributed by atoms with E-state index in [0.717, 1.165) is 19.3 Å². The van der Waals surface area contributed by atoms with Crippen LogP contribution in [-0.4, -0.2) is 4.98 Å². The van der Waals surface area contributed by atoms with Crippen molar-refractivity contribution in [3.8, 4) is 0 Å². The van der Waals surface area contributed by atoms with Crippen LogP contribution in [0, 0.1) is 5.92 Å². The second-order valence-corrected chi connectivity index (χ2v) is 6.13. The third-order valence-electron chi connectivity index (χ3n) is 4.67. The number of allylic oxidation sites excluding steroid dienone is 4. The number of aromatic amines is 1. The molecule has 2 heteroatoms. The number of benzene rings is 1. The minimum Gasteiger partial charge on any atom is -0.354 e. The Morgan fingerprint density at radius 3 is 3.00 bits per heavy atom. The van der Waals surface area contributed by atoms with Crippen LogP contribution in [0.1, 0.15) is 42.6 Å². The van der Waals surface area contributed by atoms with Crippen molar-refractivity contribution in [2.45, 2.75) is 32.2 Å². The lowest BCUT2D eigenvalue weighted by atomic mass is 9.86. The predicted molar refractivity (Wildman–Crippen MR) is 84.4 cm³/mol. The minimum absolute atomic E-state index is 0.186. The first-order chi connectivity index (χ1) is 9.74. The van der Waals surface area contributed by atoms with Crippen molar-refractivity contribution in [1.82, 2.24) is 4.98 Å². The summed E-state index contributed by atoms with van der Waals surface area (Å²) in [6, 6.07) is 6.64. The molecule has 20 heavy (non-hydrogen) atoms. The van der Waals surface area contributed by atoms with Gasteiger partial charge in [0.2, 0.25) is 0 Å². The van der Waals surface area contributed by atoms with E-state index in [1.54, 1.807) is 0 Å². The van der Waals surface area contributed by atoms with Gasteiger partial charge in [-0.25, -0.2) is 0 Å². The zero-order chi connectivity index (χ0) is 13.7. The molecular formula is C18H20N2. The summed E-state index contributed by atoms with van der Waals surface area (Å²) in [4.78, 5) is 3.63. The summed E-state index contributed by atoms with van der Waals surface area (Å²) in [5.41, 5.74) is 12.9. The first-order valence-electron chi connectivity index (χ1n) is 7.52. The van der Waals surface area contributed by atoms with Crippen LogP contribution in [0.3, 0.4) is 0 Å². The SMILES string of the molecule is CC1C=CC(c2[nH]c3cccc4c3c2CCC4N)=CC1. The molecule has 0 bridgehead atoms. The third kappa shape index (κ3) is 1.68. The van der Waals surface area contributed by atoms with E-state index in [1.165, 1.54) is 33.3 Å². The number of rotatable bonds is 1. The summed E-state index contributed by atoms with van der Waals surface area (Å²) >= 11 is 0. The highest BCUT2D eigenvalue weighted by molar-refractivity contribution is 5.94. The fraction of sp³-hybridized carbons (Fsp3) is 0.333. The Morgan fingerprint density at radius 1 is 1.30 bits per heavy atom. The Balaban J connectivity index is 1.93. The Kier molecular flexibility index (Phi) is 2.61. The van der Waals surface area contributed by atoms with E-state index < -0.39 is 0 Å². The Hall–Kier alpha value is -1.80. The Labute approximate surface area is 119 Å². The Morgan fingerprint density at radius 2 is 2.20 bits per heavy atom. The van der Waals surface area contributed by atoms with Crippen molar-refractivity contribution in [3.05, 3.63) is 53.2 Å². The number of hydrogen-bond donors (Lipinski definition) is 2. The topological polar surface area (TPSA) is 41.8 Å². The highest BCUT2D eigenvalue weighted by atomic mass is 14.7. The molecule has 0 radical (unpaired) electrons. The maximum absolute atomic E-state index is 6.27. The van der Waals surface area contributed by atoms with Crippen LogP contribution in [0.15, 0.2) is 36.4 Å². The molecule has 2 aliphatic rings. The smallest absolute Gasteiger partial charge is 0.0494 e. The van der Waals surface area contributed by atoms with E-state index in [2.05, 4.69) is 48.3 Å². The molecule has 0 fully saturated rings. The van der Waals surface area contributed by atoms with E-state index in [0.29, 0.717) is 5.92 Å². The van der Waals surface area contributed by atoms with Crippen molar-refractivity contribution < 1.29 is 0 Å². The molecule has 0 aliphatic heterocycles. The van der Waals surface area contributed by atoms with Gasteiger partial charge in [0.15, 0.2) is 0 Å². The zero-order valence-corrected chi connectivity index (χ0v) is 11.8. The molecule has 2 aromatic rings. The summed E-state index contributed by atoms with van der Waals surface area (Å²) in [6.45, 7) is 2.26. The highest BCUT2D eigenvalue weighted by Crippen LogP contribution is 2.39. The largest absolute Gasteiger partial charge is 0.354 e. The summed E-state index contributed by atoms with van der Waals surface area (Å²) in [5, 5.41) is 1.37. The first kappa shape index (κ1) is 12.0. The highest BCUT2D eigenvalue weighted by Gasteiger charge is 2.24. The molecule has 0 saturated carbocycles. The van der Waals surface area contributed by atoms with Gasteiger partial charge in [-0.3, -0.25) is 0 Å². The molecule has 2 aliphatic carbocycles. The standard InChI is InChI=1S/C18H20N2/c1-11-5-7-12(8-6-11)18-14-9-10-15(19)13-3-2-4-16(20-18)17(13)14/h2-5,7-8,11,15,20H,6,9-10,19H2,1H3. The van der Waals surface area contributed by atoms with Gasteiger partial charge in [-0.05, 0) is 47.9 Å². The molecule has 2 atom stereocenters. The summed E-state index contributed by atoms with van der Waals surface area (Å²) < 4.78 is 0. The van der Waals surface area contributed by atoms with E-state index in [9.17, 15) is 0 Å². The van der Waals surface area contributed by atoms with Crippen LogP contribution in [0.25, 0.3) is 16.5 Å². The number of nitrogens with two attached hydrogens (primary N) is 1. The van der Waals surface area contributed by atoms with Gasteiger partial charge in [0.1, 0.15) is 0 Å². The van der Waals surface area contributed by atoms with E-state index in [1.807, 2.05) is 0 Å². The van der Waals surface area contributed by atoms with E-state index in [-0.39, 0.29) is 6.04 Å². The van der Waals surface area contributed by atoms with E-state index in [4.69, 9.17) is 5.73 Å². The fourth-order valence-electron chi connectivity index (χ4n) is 3.52. The monoisotopic (exact) mass is 264 g/mol. The quantitative estimate of drug-likeness (QED) is 0.800.